The predicted octanol–water partition coefficient (Wildman–Crippen LogP) is 0.449. The van der Waals surface area contributed by atoms with E-state index in [0.29, 0.717) is 6.54 Å². The van der Waals surface area contributed by atoms with Gasteiger partial charge in [0.2, 0.25) is 5.91 Å². The average Bonchev–Trinajstić information content (AvgIpc) is 2.25. The zero-order chi connectivity index (χ0) is 11.1. The van der Waals surface area contributed by atoms with Crippen molar-refractivity contribution in [3.63, 3.8) is 0 Å². The van der Waals surface area contributed by atoms with E-state index >= 15 is 0 Å². The van der Waals surface area contributed by atoms with Crippen LogP contribution in [0.1, 0.15) is 11.7 Å². The molecule has 0 spiro atoms. The fourth-order valence-electron chi connectivity index (χ4n) is 1.33. The summed E-state index contributed by atoms with van der Waals surface area (Å²) in [6.45, 7) is 0.746. The molecule has 0 fully saturated rings. The molecule has 4 nitrogen and oxygen atoms in total. The van der Waals surface area contributed by atoms with Gasteiger partial charge in [0.25, 0.3) is 0 Å². The molecule has 0 saturated heterocycles. The minimum Gasteiger partial charge on any atom is -0.375 e. The molecule has 0 bridgehead atoms. The first-order valence-electron chi connectivity index (χ1n) is 4.81. The van der Waals surface area contributed by atoms with Crippen LogP contribution in [0.25, 0.3) is 0 Å². The number of methoxy groups -OCH3 is 1. The Morgan fingerprint density at radius 3 is 2.67 bits per heavy atom. The molecule has 3 N–H and O–H groups in total. The topological polar surface area (TPSA) is 64.3 Å². The zero-order valence-electron chi connectivity index (χ0n) is 8.77. The summed E-state index contributed by atoms with van der Waals surface area (Å²) < 4.78 is 5.30. The van der Waals surface area contributed by atoms with Gasteiger partial charge in [-0.1, -0.05) is 30.3 Å². The summed E-state index contributed by atoms with van der Waals surface area (Å²) in [4.78, 5) is 10.5. The maximum Gasteiger partial charge on any atom is 0.231 e. The van der Waals surface area contributed by atoms with E-state index < -0.39 is 0 Å². The second-order valence-corrected chi connectivity index (χ2v) is 3.23. The van der Waals surface area contributed by atoms with E-state index in [1.165, 1.54) is 0 Å². The number of benzene rings is 1. The van der Waals surface area contributed by atoms with Crippen molar-refractivity contribution in [2.24, 2.45) is 5.73 Å². The van der Waals surface area contributed by atoms with Gasteiger partial charge in [0.1, 0.15) is 0 Å². The first-order valence-corrected chi connectivity index (χ1v) is 4.81. The van der Waals surface area contributed by atoms with Gasteiger partial charge < -0.3 is 15.8 Å². The smallest absolute Gasteiger partial charge is 0.231 e. The molecule has 0 aliphatic rings. The largest absolute Gasteiger partial charge is 0.375 e. The Kier molecular flexibility index (Phi) is 4.80. The van der Waals surface area contributed by atoms with Crippen LogP contribution in [0, 0.1) is 0 Å². The van der Waals surface area contributed by atoms with Crippen LogP contribution in [0.5, 0.6) is 0 Å². The van der Waals surface area contributed by atoms with Crippen molar-refractivity contribution in [3.8, 4) is 0 Å². The lowest BCUT2D eigenvalue weighted by atomic mass is 10.1. The van der Waals surface area contributed by atoms with Crippen LogP contribution >= 0.6 is 0 Å². The summed E-state index contributed by atoms with van der Waals surface area (Å²) in [5.41, 5.74) is 6.10. The van der Waals surface area contributed by atoms with Crippen molar-refractivity contribution in [1.82, 2.24) is 5.32 Å². The molecule has 0 aromatic heterocycles. The lowest BCUT2D eigenvalue weighted by Crippen LogP contribution is -2.32. The van der Waals surface area contributed by atoms with Gasteiger partial charge in [0.15, 0.2) is 0 Å². The third-order valence-corrected chi connectivity index (χ3v) is 2.08. The van der Waals surface area contributed by atoms with E-state index in [2.05, 4.69) is 5.32 Å². The Labute approximate surface area is 89.4 Å². The molecule has 1 rings (SSSR count). The van der Waals surface area contributed by atoms with Crippen molar-refractivity contribution in [2.45, 2.75) is 6.10 Å². The summed E-state index contributed by atoms with van der Waals surface area (Å²) in [7, 11) is 1.64. The van der Waals surface area contributed by atoms with Crippen LogP contribution in [-0.2, 0) is 9.53 Å². The minimum atomic E-state index is -0.363. The molecule has 0 aliphatic carbocycles. The Morgan fingerprint density at radius 1 is 1.47 bits per heavy atom. The van der Waals surface area contributed by atoms with Gasteiger partial charge in [0.05, 0.1) is 12.6 Å². The second-order valence-electron chi connectivity index (χ2n) is 3.23. The molecule has 1 amide bonds. The fraction of sp³-hybridized carbons (Fsp3) is 0.364. The van der Waals surface area contributed by atoms with E-state index in [0.717, 1.165) is 5.56 Å². The van der Waals surface area contributed by atoms with E-state index in [9.17, 15) is 4.79 Å². The van der Waals surface area contributed by atoms with Crippen molar-refractivity contribution in [3.05, 3.63) is 35.9 Å². The summed E-state index contributed by atoms with van der Waals surface area (Å²) in [5, 5.41) is 2.93. The number of carbonyl (C=O) groups is 1. The van der Waals surface area contributed by atoms with Crippen LogP contribution < -0.4 is 11.1 Å². The quantitative estimate of drug-likeness (QED) is 0.713. The molecule has 0 aliphatic heterocycles. The number of rotatable bonds is 6. The molecule has 82 valence electrons. The van der Waals surface area contributed by atoms with Crippen molar-refractivity contribution < 1.29 is 9.53 Å². The second kappa shape index (κ2) is 6.16. The van der Waals surface area contributed by atoms with Crippen LogP contribution in [-0.4, -0.2) is 26.1 Å². The zero-order valence-corrected chi connectivity index (χ0v) is 8.77. The molecule has 0 heterocycles. The number of ether oxygens (including phenoxy) is 1. The van der Waals surface area contributed by atoms with Crippen LogP contribution in [0.2, 0.25) is 0 Å². The van der Waals surface area contributed by atoms with Crippen molar-refractivity contribution in [1.29, 1.82) is 0 Å². The Hall–Kier alpha value is -1.39. The molecule has 15 heavy (non-hydrogen) atoms. The lowest BCUT2D eigenvalue weighted by Gasteiger charge is -2.15. The van der Waals surface area contributed by atoms with Gasteiger partial charge in [0, 0.05) is 13.7 Å². The Bertz CT molecular complexity index is 301. The number of primary amides is 1. The number of hydrogen-bond acceptors (Lipinski definition) is 3. The van der Waals surface area contributed by atoms with E-state index in [1.54, 1.807) is 7.11 Å². The summed E-state index contributed by atoms with van der Waals surface area (Å²) in [6, 6.07) is 9.83. The highest BCUT2D eigenvalue weighted by atomic mass is 16.5. The van der Waals surface area contributed by atoms with E-state index in [1.807, 2.05) is 30.3 Å². The van der Waals surface area contributed by atoms with Gasteiger partial charge in [-0.25, -0.2) is 0 Å². The number of nitrogens with two attached hydrogens (primary N) is 1. The lowest BCUT2D eigenvalue weighted by molar-refractivity contribution is -0.117. The fourth-order valence-corrected chi connectivity index (χ4v) is 1.33. The highest BCUT2D eigenvalue weighted by Gasteiger charge is 2.09. The third-order valence-electron chi connectivity index (χ3n) is 2.08. The minimum absolute atomic E-state index is 0.0504. The van der Waals surface area contributed by atoms with E-state index in [4.69, 9.17) is 10.5 Å². The summed E-state index contributed by atoms with van der Waals surface area (Å²) in [6.07, 6.45) is -0.0504. The molecule has 0 radical (unpaired) electrons. The highest BCUT2D eigenvalue weighted by Crippen LogP contribution is 2.14. The summed E-state index contributed by atoms with van der Waals surface area (Å²) in [5.74, 6) is -0.363. The molecule has 1 atom stereocenters. The van der Waals surface area contributed by atoms with Gasteiger partial charge in [-0.2, -0.15) is 0 Å². The van der Waals surface area contributed by atoms with Crippen LogP contribution in [0.3, 0.4) is 0 Å². The van der Waals surface area contributed by atoms with Crippen LogP contribution in [0.4, 0.5) is 0 Å². The molecule has 4 heteroatoms. The van der Waals surface area contributed by atoms with Gasteiger partial charge in [-0.3, -0.25) is 4.79 Å². The monoisotopic (exact) mass is 208 g/mol. The van der Waals surface area contributed by atoms with Crippen LogP contribution in [0.15, 0.2) is 30.3 Å². The SMILES string of the molecule is COC(CNCC(N)=O)c1ccccc1. The van der Waals surface area contributed by atoms with Gasteiger partial charge in [-0.15, -0.1) is 0 Å². The van der Waals surface area contributed by atoms with Crippen molar-refractivity contribution in [2.75, 3.05) is 20.2 Å². The Morgan fingerprint density at radius 2 is 2.13 bits per heavy atom. The maximum absolute atomic E-state index is 10.5. The predicted molar refractivity (Wildman–Crippen MR) is 58.3 cm³/mol. The summed E-state index contributed by atoms with van der Waals surface area (Å²) >= 11 is 0. The first kappa shape index (κ1) is 11.7. The highest BCUT2D eigenvalue weighted by molar-refractivity contribution is 5.75. The first-order chi connectivity index (χ1) is 7.24. The van der Waals surface area contributed by atoms with Crippen molar-refractivity contribution >= 4 is 5.91 Å². The Balaban J connectivity index is 2.46. The molecular weight excluding hydrogens is 192 g/mol. The maximum atomic E-state index is 10.5. The number of carbonyl (C=O) groups excluding carboxylic acids is 1. The normalized spacial score (nSPS) is 12.3. The average molecular weight is 208 g/mol. The number of hydrogen-bond donors (Lipinski definition) is 2. The molecule has 1 aromatic carbocycles. The molecular formula is C11H16N2O2. The standard InChI is InChI=1S/C11H16N2O2/c1-15-10(7-13-8-11(12)14)9-5-3-2-4-6-9/h2-6,10,13H,7-8H2,1H3,(H2,12,14). The third kappa shape index (κ3) is 4.10. The van der Waals surface area contributed by atoms with E-state index in [-0.39, 0.29) is 18.6 Å². The number of nitrogens with one attached hydrogen (secondary N) is 1. The van der Waals surface area contributed by atoms with Gasteiger partial charge >= 0.3 is 0 Å². The molecule has 1 aromatic rings. The molecule has 0 saturated carbocycles. The number of amides is 1. The van der Waals surface area contributed by atoms with Gasteiger partial charge in [-0.05, 0) is 5.56 Å². The molecule has 1 unspecified atom stereocenters.